The maximum atomic E-state index is 13.1. The van der Waals surface area contributed by atoms with Crippen LogP contribution in [-0.2, 0) is 11.2 Å². The van der Waals surface area contributed by atoms with Gasteiger partial charge >= 0.3 is 0 Å². The van der Waals surface area contributed by atoms with Crippen molar-refractivity contribution >= 4 is 11.6 Å². The van der Waals surface area contributed by atoms with Crippen molar-refractivity contribution in [2.75, 3.05) is 24.5 Å². The van der Waals surface area contributed by atoms with Crippen molar-refractivity contribution < 1.29 is 4.79 Å². The van der Waals surface area contributed by atoms with Gasteiger partial charge in [-0.1, -0.05) is 24.3 Å². The monoisotopic (exact) mass is 399 g/mol. The van der Waals surface area contributed by atoms with Crippen LogP contribution in [0.4, 0.5) is 5.69 Å². The zero-order valence-electron chi connectivity index (χ0n) is 17.3. The molecule has 1 saturated heterocycles. The number of aromatic nitrogens is 2. The van der Waals surface area contributed by atoms with Crippen LogP contribution in [0.15, 0.2) is 54.9 Å². The van der Waals surface area contributed by atoms with Crippen LogP contribution in [0, 0.1) is 25.2 Å². The Hall–Kier alpha value is -3.43. The highest BCUT2D eigenvalue weighted by molar-refractivity contribution is 5.96. The normalized spacial score (nSPS) is 15.8. The summed E-state index contributed by atoms with van der Waals surface area (Å²) in [5, 5.41) is 9.03. The van der Waals surface area contributed by atoms with E-state index in [0.29, 0.717) is 18.7 Å². The molecule has 1 atom stereocenters. The first-order chi connectivity index (χ1) is 14.5. The summed E-state index contributed by atoms with van der Waals surface area (Å²) >= 11 is 0. The first-order valence-electron chi connectivity index (χ1n) is 10.1. The SMILES string of the molecule is Cc1ccc(C)c(N2CCN(C(Cc3ccc(C#N)cc3)c3ncc[nH]3)CC2=O)c1. The number of aryl methyl sites for hydroxylation is 2. The smallest absolute Gasteiger partial charge is 0.241 e. The number of hydrogen-bond acceptors (Lipinski definition) is 4. The second kappa shape index (κ2) is 8.52. The lowest BCUT2D eigenvalue weighted by molar-refractivity contribution is -0.122. The van der Waals surface area contributed by atoms with E-state index in [1.807, 2.05) is 49.2 Å². The van der Waals surface area contributed by atoms with Crippen molar-refractivity contribution in [2.45, 2.75) is 26.3 Å². The maximum absolute atomic E-state index is 13.1. The fourth-order valence-corrected chi connectivity index (χ4v) is 4.02. The van der Waals surface area contributed by atoms with Crippen LogP contribution in [0.25, 0.3) is 0 Å². The largest absolute Gasteiger partial charge is 0.347 e. The number of nitriles is 1. The minimum absolute atomic E-state index is 0.0300. The molecule has 1 fully saturated rings. The highest BCUT2D eigenvalue weighted by Gasteiger charge is 2.32. The molecule has 6 nitrogen and oxygen atoms in total. The van der Waals surface area contributed by atoms with Gasteiger partial charge in [0.15, 0.2) is 0 Å². The second-order valence-corrected chi connectivity index (χ2v) is 7.81. The topological polar surface area (TPSA) is 76.0 Å². The van der Waals surface area contributed by atoms with Crippen LogP contribution in [-0.4, -0.2) is 40.4 Å². The van der Waals surface area contributed by atoms with Gasteiger partial charge in [0.05, 0.1) is 24.2 Å². The van der Waals surface area contributed by atoms with E-state index in [2.05, 4.69) is 39.1 Å². The van der Waals surface area contributed by atoms with E-state index >= 15 is 0 Å². The summed E-state index contributed by atoms with van der Waals surface area (Å²) < 4.78 is 0. The molecule has 30 heavy (non-hydrogen) atoms. The quantitative estimate of drug-likeness (QED) is 0.712. The van der Waals surface area contributed by atoms with Gasteiger partial charge in [0.2, 0.25) is 5.91 Å². The standard InChI is InChI=1S/C24H25N5O/c1-17-3-4-18(2)21(13-17)29-12-11-28(16-23(29)30)22(24-26-9-10-27-24)14-19-5-7-20(15-25)8-6-19/h3-10,13,22H,11-12,14,16H2,1-2H3,(H,26,27). The molecule has 6 heteroatoms. The summed E-state index contributed by atoms with van der Waals surface area (Å²) in [6, 6.07) is 16.0. The zero-order valence-corrected chi connectivity index (χ0v) is 17.3. The molecule has 0 aliphatic carbocycles. The Morgan fingerprint density at radius 1 is 1.17 bits per heavy atom. The lowest BCUT2D eigenvalue weighted by atomic mass is 10.0. The Morgan fingerprint density at radius 2 is 1.97 bits per heavy atom. The minimum atomic E-state index is -0.0300. The van der Waals surface area contributed by atoms with Crippen molar-refractivity contribution in [3.8, 4) is 6.07 Å². The van der Waals surface area contributed by atoms with E-state index in [1.54, 1.807) is 6.20 Å². The summed E-state index contributed by atoms with van der Waals surface area (Å²) in [5.41, 5.74) is 5.02. The summed E-state index contributed by atoms with van der Waals surface area (Å²) in [4.78, 5) is 24.9. The number of aromatic amines is 1. The molecule has 152 valence electrons. The van der Waals surface area contributed by atoms with Crippen LogP contribution in [0.1, 0.15) is 34.1 Å². The molecular weight excluding hydrogens is 374 g/mol. The predicted molar refractivity (Wildman–Crippen MR) is 116 cm³/mol. The molecule has 1 aromatic heterocycles. The number of anilines is 1. The Bertz CT molecular complexity index is 1070. The highest BCUT2D eigenvalue weighted by atomic mass is 16.2. The molecule has 1 unspecified atom stereocenters. The van der Waals surface area contributed by atoms with Crippen molar-refractivity contribution in [3.05, 3.63) is 82.9 Å². The number of carbonyl (C=O) groups is 1. The first kappa shape index (κ1) is 19.9. The van der Waals surface area contributed by atoms with E-state index in [-0.39, 0.29) is 11.9 Å². The van der Waals surface area contributed by atoms with Crippen LogP contribution in [0.3, 0.4) is 0 Å². The van der Waals surface area contributed by atoms with Gasteiger partial charge < -0.3 is 9.88 Å². The first-order valence-corrected chi connectivity index (χ1v) is 10.1. The third-order valence-corrected chi connectivity index (χ3v) is 5.69. The molecule has 3 aromatic rings. The van der Waals surface area contributed by atoms with Crippen LogP contribution >= 0.6 is 0 Å². The van der Waals surface area contributed by atoms with Gasteiger partial charge in [0.25, 0.3) is 0 Å². The van der Waals surface area contributed by atoms with Gasteiger partial charge in [-0.15, -0.1) is 0 Å². The van der Waals surface area contributed by atoms with E-state index in [4.69, 9.17) is 5.26 Å². The fourth-order valence-electron chi connectivity index (χ4n) is 4.02. The molecule has 0 spiro atoms. The third kappa shape index (κ3) is 4.12. The van der Waals surface area contributed by atoms with Crippen LogP contribution < -0.4 is 4.90 Å². The molecule has 0 saturated carbocycles. The van der Waals surface area contributed by atoms with Gasteiger partial charge in [-0.2, -0.15) is 5.26 Å². The van der Waals surface area contributed by atoms with Gasteiger partial charge in [-0.05, 0) is 55.2 Å². The molecule has 4 rings (SSSR count). The number of piperazine rings is 1. The van der Waals surface area contributed by atoms with Gasteiger partial charge in [-0.3, -0.25) is 9.69 Å². The number of amides is 1. The highest BCUT2D eigenvalue weighted by Crippen LogP contribution is 2.28. The van der Waals surface area contributed by atoms with Crippen molar-refractivity contribution in [2.24, 2.45) is 0 Å². The summed E-state index contributed by atoms with van der Waals surface area (Å²) in [7, 11) is 0. The predicted octanol–water partition coefficient (Wildman–Crippen LogP) is 3.53. The van der Waals surface area contributed by atoms with E-state index in [0.717, 1.165) is 41.2 Å². The Morgan fingerprint density at radius 3 is 2.63 bits per heavy atom. The van der Waals surface area contributed by atoms with Gasteiger partial charge in [0.1, 0.15) is 5.82 Å². The van der Waals surface area contributed by atoms with Crippen molar-refractivity contribution in [1.82, 2.24) is 14.9 Å². The minimum Gasteiger partial charge on any atom is -0.347 e. The third-order valence-electron chi connectivity index (χ3n) is 5.69. The van der Waals surface area contributed by atoms with E-state index in [9.17, 15) is 4.79 Å². The zero-order chi connectivity index (χ0) is 21.1. The number of nitrogens with one attached hydrogen (secondary N) is 1. The number of imidazole rings is 1. The molecule has 0 radical (unpaired) electrons. The lowest BCUT2D eigenvalue weighted by Gasteiger charge is -2.38. The molecular formula is C24H25N5O. The van der Waals surface area contributed by atoms with Gasteiger partial charge in [0, 0.05) is 31.2 Å². The van der Waals surface area contributed by atoms with Gasteiger partial charge in [-0.25, -0.2) is 4.98 Å². The number of H-pyrrole nitrogens is 1. The summed E-state index contributed by atoms with van der Waals surface area (Å²) in [5.74, 6) is 0.957. The molecule has 2 aromatic carbocycles. The molecule has 0 bridgehead atoms. The van der Waals surface area contributed by atoms with Crippen molar-refractivity contribution in [1.29, 1.82) is 5.26 Å². The van der Waals surface area contributed by atoms with E-state index in [1.165, 1.54) is 0 Å². The fraction of sp³-hybridized carbons (Fsp3) is 0.292. The Balaban J connectivity index is 1.55. The number of carbonyl (C=O) groups excluding carboxylic acids is 1. The van der Waals surface area contributed by atoms with E-state index < -0.39 is 0 Å². The molecule has 1 aliphatic rings. The molecule has 1 aliphatic heterocycles. The Kier molecular flexibility index (Phi) is 5.64. The maximum Gasteiger partial charge on any atom is 0.241 e. The molecule has 2 heterocycles. The van der Waals surface area contributed by atoms with Crippen molar-refractivity contribution in [3.63, 3.8) is 0 Å². The number of nitrogens with zero attached hydrogens (tertiary/aromatic N) is 4. The summed E-state index contributed by atoms with van der Waals surface area (Å²) in [6.45, 7) is 5.85. The average Bonchev–Trinajstić information content (AvgIpc) is 3.29. The molecule has 1 amide bonds. The van der Waals surface area contributed by atoms with Crippen LogP contribution in [0.2, 0.25) is 0 Å². The molecule has 1 N–H and O–H groups in total. The lowest BCUT2D eigenvalue weighted by Crippen LogP contribution is -2.52. The number of hydrogen-bond donors (Lipinski definition) is 1. The van der Waals surface area contributed by atoms with Crippen LogP contribution in [0.5, 0.6) is 0 Å². The average molecular weight is 399 g/mol. The summed E-state index contributed by atoms with van der Waals surface area (Å²) in [6.07, 6.45) is 4.28. The second-order valence-electron chi connectivity index (χ2n) is 7.81. The number of benzene rings is 2. The Labute approximate surface area is 176 Å². The number of rotatable bonds is 5.